The molecule has 0 aromatic heterocycles. The minimum absolute atomic E-state index is 0.0411. The van der Waals surface area contributed by atoms with E-state index in [1.165, 1.54) is 11.8 Å². The Hall–Kier alpha value is -3.00. The Morgan fingerprint density at radius 3 is 1.77 bits per heavy atom. The van der Waals surface area contributed by atoms with Gasteiger partial charge in [-0.3, -0.25) is 0 Å². The lowest BCUT2D eigenvalue weighted by molar-refractivity contribution is 1.29. The van der Waals surface area contributed by atoms with Crippen LogP contribution in [0.15, 0.2) is 79.5 Å². The van der Waals surface area contributed by atoms with Crippen molar-refractivity contribution in [1.29, 1.82) is 10.5 Å². The van der Waals surface area contributed by atoms with Gasteiger partial charge in [-0.25, -0.2) is 0 Å². The van der Waals surface area contributed by atoms with Gasteiger partial charge in [0.2, 0.25) is 0 Å². The van der Waals surface area contributed by atoms with E-state index < -0.39 is 0 Å². The van der Waals surface area contributed by atoms with Crippen LogP contribution in [-0.4, -0.2) is 0 Å². The second-order valence-corrected chi connectivity index (χ2v) is 7.38. The first kappa shape index (κ1) is 19.3. The standard InChI is InChI=1S/C19H17N5S2/c1-12-6-2-4-8-16(12)25-18(23)13(10-20)14(11-21)19(24)26-17-9-5-3-7-15(17)22/h2-9H,22-24H2,1H3/b18-13+,19-14+. The molecule has 2 aromatic carbocycles. The summed E-state index contributed by atoms with van der Waals surface area (Å²) in [7, 11) is 0. The number of thioether (sulfide) groups is 2. The molecule has 7 heteroatoms. The number of nitrogen functional groups attached to an aromatic ring is 1. The van der Waals surface area contributed by atoms with E-state index in [0.717, 1.165) is 22.2 Å². The minimum Gasteiger partial charge on any atom is -0.398 e. The molecule has 0 radical (unpaired) electrons. The molecule has 0 fully saturated rings. The largest absolute Gasteiger partial charge is 0.398 e. The molecule has 5 nitrogen and oxygen atoms in total. The SMILES string of the molecule is Cc1ccccc1S/C(N)=C(C#N)/C(C#N)=C(\N)Sc1ccccc1N. The van der Waals surface area contributed by atoms with E-state index in [9.17, 15) is 10.5 Å². The van der Waals surface area contributed by atoms with Crippen molar-refractivity contribution in [2.24, 2.45) is 11.5 Å². The molecule has 0 bridgehead atoms. The lowest BCUT2D eigenvalue weighted by atomic mass is 10.1. The van der Waals surface area contributed by atoms with Crippen molar-refractivity contribution < 1.29 is 0 Å². The molecule has 130 valence electrons. The normalized spacial score (nSPS) is 12.4. The molecule has 26 heavy (non-hydrogen) atoms. The number of hydrogen-bond acceptors (Lipinski definition) is 7. The molecule has 0 unspecified atom stereocenters. The number of para-hydroxylation sites is 1. The molecular weight excluding hydrogens is 362 g/mol. The summed E-state index contributed by atoms with van der Waals surface area (Å²) in [6.07, 6.45) is 0. The van der Waals surface area contributed by atoms with Gasteiger partial charge in [-0.1, -0.05) is 53.9 Å². The number of aryl methyl sites for hydroxylation is 1. The zero-order chi connectivity index (χ0) is 19.1. The summed E-state index contributed by atoms with van der Waals surface area (Å²) in [5.41, 5.74) is 19.8. The van der Waals surface area contributed by atoms with E-state index in [1.54, 1.807) is 12.1 Å². The number of benzene rings is 2. The fourth-order valence-electron chi connectivity index (χ4n) is 2.05. The van der Waals surface area contributed by atoms with Gasteiger partial charge in [0.1, 0.15) is 23.3 Å². The molecule has 0 aliphatic carbocycles. The summed E-state index contributed by atoms with van der Waals surface area (Å²) in [4.78, 5) is 1.62. The Bertz CT molecular complexity index is 885. The average molecular weight is 380 g/mol. The molecule has 0 aliphatic rings. The zero-order valence-electron chi connectivity index (χ0n) is 14.1. The summed E-state index contributed by atoms with van der Waals surface area (Å²) in [5, 5.41) is 19.5. The fraction of sp³-hybridized carbons (Fsp3) is 0.0526. The molecule has 0 atom stereocenters. The molecule has 0 aliphatic heterocycles. The molecule has 2 aromatic rings. The van der Waals surface area contributed by atoms with Crippen molar-refractivity contribution in [3.8, 4) is 12.1 Å². The fourth-order valence-corrected chi connectivity index (χ4v) is 3.73. The van der Waals surface area contributed by atoms with Gasteiger partial charge < -0.3 is 17.2 Å². The van der Waals surface area contributed by atoms with Gasteiger partial charge in [0.25, 0.3) is 0 Å². The van der Waals surface area contributed by atoms with E-state index in [-0.39, 0.29) is 21.2 Å². The highest BCUT2D eigenvalue weighted by molar-refractivity contribution is 8.03. The summed E-state index contributed by atoms with van der Waals surface area (Å²) in [6.45, 7) is 1.95. The number of nitrogens with zero attached hydrogens (tertiary/aromatic N) is 2. The third-order valence-corrected chi connectivity index (χ3v) is 5.54. The van der Waals surface area contributed by atoms with Gasteiger partial charge >= 0.3 is 0 Å². The summed E-state index contributed by atoms with van der Waals surface area (Å²) >= 11 is 2.37. The Balaban J connectivity index is 2.42. The van der Waals surface area contributed by atoms with Crippen LogP contribution in [0.5, 0.6) is 0 Å². The quantitative estimate of drug-likeness (QED) is 0.312. The predicted octanol–water partition coefficient (Wildman–Crippen LogP) is 3.85. The van der Waals surface area contributed by atoms with Crippen molar-refractivity contribution >= 4 is 29.2 Å². The highest BCUT2D eigenvalue weighted by atomic mass is 32.2. The summed E-state index contributed by atoms with van der Waals surface area (Å²) in [5.74, 6) is 0. The Morgan fingerprint density at radius 1 is 0.808 bits per heavy atom. The van der Waals surface area contributed by atoms with Crippen LogP contribution >= 0.6 is 23.5 Å². The molecule has 0 amide bonds. The van der Waals surface area contributed by atoms with Crippen LogP contribution in [0.2, 0.25) is 0 Å². The predicted molar refractivity (Wildman–Crippen MR) is 107 cm³/mol. The first-order valence-electron chi connectivity index (χ1n) is 7.53. The van der Waals surface area contributed by atoms with E-state index in [2.05, 4.69) is 0 Å². The van der Waals surface area contributed by atoms with Crippen LogP contribution in [0.1, 0.15) is 5.56 Å². The van der Waals surface area contributed by atoms with Gasteiger partial charge in [-0.05, 0) is 30.7 Å². The number of anilines is 1. The molecular formula is C19H17N5S2. The molecule has 0 spiro atoms. The van der Waals surface area contributed by atoms with Gasteiger partial charge in [-0.2, -0.15) is 10.5 Å². The van der Waals surface area contributed by atoms with Crippen LogP contribution < -0.4 is 17.2 Å². The lowest BCUT2D eigenvalue weighted by Crippen LogP contribution is -2.05. The van der Waals surface area contributed by atoms with Crippen LogP contribution in [0.3, 0.4) is 0 Å². The summed E-state index contributed by atoms with van der Waals surface area (Å²) < 4.78 is 0. The molecule has 6 N–H and O–H groups in total. The molecule has 2 rings (SSSR count). The Labute approximate surface area is 161 Å². The molecule has 0 heterocycles. The van der Waals surface area contributed by atoms with Gasteiger partial charge in [0.15, 0.2) is 0 Å². The van der Waals surface area contributed by atoms with E-state index in [4.69, 9.17) is 17.2 Å². The van der Waals surface area contributed by atoms with Crippen molar-refractivity contribution in [3.05, 3.63) is 75.3 Å². The second-order valence-electron chi connectivity index (χ2n) is 5.21. The van der Waals surface area contributed by atoms with Crippen molar-refractivity contribution in [2.45, 2.75) is 16.7 Å². The molecule has 0 saturated carbocycles. The monoisotopic (exact) mass is 379 g/mol. The number of nitrogens with two attached hydrogens (primary N) is 3. The number of rotatable bonds is 5. The van der Waals surface area contributed by atoms with Crippen LogP contribution in [0.25, 0.3) is 0 Å². The number of hydrogen-bond donors (Lipinski definition) is 3. The maximum atomic E-state index is 9.54. The van der Waals surface area contributed by atoms with Crippen molar-refractivity contribution in [3.63, 3.8) is 0 Å². The number of nitriles is 2. The lowest BCUT2D eigenvalue weighted by Gasteiger charge is -2.10. The van der Waals surface area contributed by atoms with Crippen LogP contribution in [0, 0.1) is 29.6 Å². The third-order valence-electron chi connectivity index (χ3n) is 3.42. The van der Waals surface area contributed by atoms with Crippen LogP contribution in [0.4, 0.5) is 5.69 Å². The summed E-state index contributed by atoms with van der Waals surface area (Å²) in [6, 6.07) is 18.8. The van der Waals surface area contributed by atoms with E-state index in [1.807, 2.05) is 55.5 Å². The maximum absolute atomic E-state index is 9.54. The zero-order valence-corrected chi connectivity index (χ0v) is 15.7. The van der Waals surface area contributed by atoms with E-state index >= 15 is 0 Å². The second kappa shape index (κ2) is 8.91. The van der Waals surface area contributed by atoms with Gasteiger partial charge in [-0.15, -0.1) is 0 Å². The number of allylic oxidation sites excluding steroid dienone is 2. The minimum atomic E-state index is 0.0411. The average Bonchev–Trinajstić information content (AvgIpc) is 2.63. The van der Waals surface area contributed by atoms with Gasteiger partial charge in [0, 0.05) is 15.5 Å². The Morgan fingerprint density at radius 2 is 1.27 bits per heavy atom. The first-order valence-corrected chi connectivity index (χ1v) is 9.17. The van der Waals surface area contributed by atoms with Crippen molar-refractivity contribution in [1.82, 2.24) is 0 Å². The highest BCUT2D eigenvalue weighted by Crippen LogP contribution is 2.34. The topological polar surface area (TPSA) is 126 Å². The van der Waals surface area contributed by atoms with Gasteiger partial charge in [0.05, 0.1) is 10.1 Å². The van der Waals surface area contributed by atoms with Crippen molar-refractivity contribution in [2.75, 3.05) is 5.73 Å². The highest BCUT2D eigenvalue weighted by Gasteiger charge is 2.16. The maximum Gasteiger partial charge on any atom is 0.103 e. The third kappa shape index (κ3) is 4.54. The van der Waals surface area contributed by atoms with E-state index in [0.29, 0.717) is 10.6 Å². The Kier molecular flexibility index (Phi) is 6.62. The first-order chi connectivity index (χ1) is 12.5. The van der Waals surface area contributed by atoms with Crippen LogP contribution in [-0.2, 0) is 0 Å². The smallest absolute Gasteiger partial charge is 0.103 e. The molecule has 0 saturated heterocycles.